The van der Waals surface area contributed by atoms with Crippen LogP contribution in [0.1, 0.15) is 25.3 Å². The van der Waals surface area contributed by atoms with Crippen molar-refractivity contribution >= 4 is 15.9 Å². The Labute approximate surface area is 130 Å². The molecule has 112 valence electrons. The van der Waals surface area contributed by atoms with Crippen molar-refractivity contribution in [3.05, 3.63) is 34.3 Å². The van der Waals surface area contributed by atoms with Crippen molar-refractivity contribution in [1.29, 1.82) is 0 Å². The van der Waals surface area contributed by atoms with E-state index in [0.29, 0.717) is 12.1 Å². The first-order valence-electron chi connectivity index (χ1n) is 7.42. The maximum atomic E-state index is 5.62. The summed E-state index contributed by atoms with van der Waals surface area (Å²) in [6.45, 7) is 6.16. The van der Waals surface area contributed by atoms with Gasteiger partial charge in [-0.2, -0.15) is 0 Å². The van der Waals surface area contributed by atoms with E-state index in [2.05, 4.69) is 64.4 Å². The third kappa shape index (κ3) is 5.17. The predicted octanol–water partition coefficient (Wildman–Crippen LogP) is 3.04. The van der Waals surface area contributed by atoms with Gasteiger partial charge in [0.25, 0.3) is 0 Å². The van der Waals surface area contributed by atoms with E-state index in [1.165, 1.54) is 18.4 Å². The molecule has 1 saturated heterocycles. The standard InChI is InChI=1S/C16H25BrN2O/c1-13(10-18-11-16-7-4-8-20-16)19(2)12-14-5-3-6-15(17)9-14/h3,5-6,9,13,16,18H,4,7-8,10-12H2,1-2H3. The van der Waals surface area contributed by atoms with Gasteiger partial charge >= 0.3 is 0 Å². The molecular formula is C16H25BrN2O. The summed E-state index contributed by atoms with van der Waals surface area (Å²) in [5, 5.41) is 3.53. The van der Waals surface area contributed by atoms with E-state index in [4.69, 9.17) is 4.74 Å². The highest BCUT2D eigenvalue weighted by Crippen LogP contribution is 2.14. The molecule has 1 aliphatic rings. The summed E-state index contributed by atoms with van der Waals surface area (Å²) in [7, 11) is 2.18. The molecule has 20 heavy (non-hydrogen) atoms. The van der Waals surface area contributed by atoms with Crippen molar-refractivity contribution in [2.45, 2.75) is 38.5 Å². The largest absolute Gasteiger partial charge is 0.377 e. The molecule has 2 atom stereocenters. The van der Waals surface area contributed by atoms with E-state index < -0.39 is 0 Å². The highest BCUT2D eigenvalue weighted by Gasteiger charge is 2.16. The Morgan fingerprint density at radius 2 is 2.35 bits per heavy atom. The summed E-state index contributed by atoms with van der Waals surface area (Å²) in [6, 6.07) is 9.02. The van der Waals surface area contributed by atoms with Crippen molar-refractivity contribution in [2.24, 2.45) is 0 Å². The molecule has 1 aromatic rings. The Balaban J connectivity index is 1.69. The quantitative estimate of drug-likeness (QED) is 0.825. The molecule has 1 N–H and O–H groups in total. The SMILES string of the molecule is CC(CNCC1CCCO1)N(C)Cc1cccc(Br)c1. The summed E-state index contributed by atoms with van der Waals surface area (Å²) >= 11 is 3.52. The van der Waals surface area contributed by atoms with Crippen LogP contribution in [0, 0.1) is 0 Å². The van der Waals surface area contributed by atoms with Gasteiger partial charge < -0.3 is 10.1 Å². The maximum absolute atomic E-state index is 5.62. The van der Waals surface area contributed by atoms with Crippen LogP contribution in [-0.4, -0.2) is 43.8 Å². The average molecular weight is 341 g/mol. The van der Waals surface area contributed by atoms with E-state index in [0.717, 1.165) is 30.7 Å². The van der Waals surface area contributed by atoms with Crippen molar-refractivity contribution in [3.63, 3.8) is 0 Å². The maximum Gasteiger partial charge on any atom is 0.0700 e. The number of rotatable bonds is 7. The highest BCUT2D eigenvalue weighted by atomic mass is 79.9. The number of halogens is 1. The first kappa shape index (κ1) is 16.0. The first-order chi connectivity index (χ1) is 9.65. The lowest BCUT2D eigenvalue weighted by molar-refractivity contribution is 0.108. The van der Waals surface area contributed by atoms with Crippen LogP contribution < -0.4 is 5.32 Å². The molecule has 1 fully saturated rings. The molecule has 0 aromatic heterocycles. The lowest BCUT2D eigenvalue weighted by Gasteiger charge is -2.25. The number of nitrogens with zero attached hydrogens (tertiary/aromatic N) is 1. The Hall–Kier alpha value is -0.420. The van der Waals surface area contributed by atoms with Gasteiger partial charge in [-0.25, -0.2) is 0 Å². The van der Waals surface area contributed by atoms with Crippen LogP contribution in [0.2, 0.25) is 0 Å². The number of hydrogen-bond donors (Lipinski definition) is 1. The van der Waals surface area contributed by atoms with Crippen molar-refractivity contribution < 1.29 is 4.74 Å². The van der Waals surface area contributed by atoms with Gasteiger partial charge in [-0.1, -0.05) is 28.1 Å². The minimum Gasteiger partial charge on any atom is -0.377 e. The minimum absolute atomic E-state index is 0.428. The summed E-state index contributed by atoms with van der Waals surface area (Å²) in [4.78, 5) is 2.38. The second kappa shape index (κ2) is 8.13. The van der Waals surface area contributed by atoms with Crippen LogP contribution in [0.4, 0.5) is 0 Å². The molecule has 0 saturated carbocycles. The monoisotopic (exact) mass is 340 g/mol. The van der Waals surface area contributed by atoms with Gasteiger partial charge in [0.2, 0.25) is 0 Å². The van der Waals surface area contributed by atoms with Crippen LogP contribution >= 0.6 is 15.9 Å². The molecule has 1 aromatic carbocycles. The molecule has 0 aliphatic carbocycles. The Morgan fingerprint density at radius 3 is 3.05 bits per heavy atom. The summed E-state index contributed by atoms with van der Waals surface area (Å²) < 4.78 is 6.77. The minimum atomic E-state index is 0.428. The van der Waals surface area contributed by atoms with E-state index >= 15 is 0 Å². The van der Waals surface area contributed by atoms with Gasteiger partial charge in [-0.15, -0.1) is 0 Å². The van der Waals surface area contributed by atoms with Crippen LogP contribution in [0.25, 0.3) is 0 Å². The lowest BCUT2D eigenvalue weighted by atomic mass is 10.2. The van der Waals surface area contributed by atoms with Gasteiger partial charge in [0.15, 0.2) is 0 Å². The van der Waals surface area contributed by atoms with Gasteiger partial charge in [0, 0.05) is 36.8 Å². The van der Waals surface area contributed by atoms with Gasteiger partial charge in [-0.3, -0.25) is 4.90 Å². The second-order valence-electron chi connectivity index (χ2n) is 5.69. The number of benzene rings is 1. The third-order valence-electron chi connectivity index (χ3n) is 3.91. The average Bonchev–Trinajstić information content (AvgIpc) is 2.91. The molecule has 3 nitrogen and oxygen atoms in total. The Kier molecular flexibility index (Phi) is 6.49. The highest BCUT2D eigenvalue weighted by molar-refractivity contribution is 9.10. The fourth-order valence-electron chi connectivity index (χ4n) is 2.49. The molecule has 2 unspecified atom stereocenters. The molecule has 1 heterocycles. The molecular weight excluding hydrogens is 316 g/mol. The van der Waals surface area contributed by atoms with Gasteiger partial charge in [-0.05, 0) is 44.5 Å². The topological polar surface area (TPSA) is 24.5 Å². The Bertz CT molecular complexity index is 407. The van der Waals surface area contributed by atoms with Crippen molar-refractivity contribution in [3.8, 4) is 0 Å². The number of likely N-dealkylation sites (N-methyl/N-ethyl adjacent to an activating group) is 1. The predicted molar refractivity (Wildman–Crippen MR) is 86.9 cm³/mol. The zero-order valence-corrected chi connectivity index (χ0v) is 14.0. The zero-order chi connectivity index (χ0) is 14.4. The van der Waals surface area contributed by atoms with Crippen molar-refractivity contribution in [1.82, 2.24) is 10.2 Å². The van der Waals surface area contributed by atoms with Crippen LogP contribution in [0.5, 0.6) is 0 Å². The molecule has 0 radical (unpaired) electrons. The first-order valence-corrected chi connectivity index (χ1v) is 8.21. The van der Waals surface area contributed by atoms with Crippen LogP contribution in [-0.2, 0) is 11.3 Å². The van der Waals surface area contributed by atoms with Crippen LogP contribution in [0.15, 0.2) is 28.7 Å². The third-order valence-corrected chi connectivity index (χ3v) is 4.40. The summed E-state index contributed by atoms with van der Waals surface area (Å²) in [5.41, 5.74) is 1.34. The fourth-order valence-corrected chi connectivity index (χ4v) is 2.94. The van der Waals surface area contributed by atoms with E-state index in [-0.39, 0.29) is 0 Å². The van der Waals surface area contributed by atoms with Crippen molar-refractivity contribution in [2.75, 3.05) is 26.7 Å². The molecule has 2 rings (SSSR count). The Morgan fingerprint density at radius 1 is 1.50 bits per heavy atom. The molecule has 0 amide bonds. The normalized spacial score (nSPS) is 20.5. The number of hydrogen-bond acceptors (Lipinski definition) is 3. The van der Waals surface area contributed by atoms with E-state index in [1.807, 2.05) is 0 Å². The smallest absolute Gasteiger partial charge is 0.0700 e. The number of nitrogens with one attached hydrogen (secondary N) is 1. The molecule has 1 aliphatic heterocycles. The van der Waals surface area contributed by atoms with Crippen LogP contribution in [0.3, 0.4) is 0 Å². The molecule has 0 bridgehead atoms. The second-order valence-corrected chi connectivity index (χ2v) is 6.60. The summed E-state index contributed by atoms with van der Waals surface area (Å²) in [5.74, 6) is 0. The molecule has 0 spiro atoms. The van der Waals surface area contributed by atoms with E-state index in [9.17, 15) is 0 Å². The lowest BCUT2D eigenvalue weighted by Crippen LogP contribution is -2.39. The van der Waals surface area contributed by atoms with E-state index in [1.54, 1.807) is 0 Å². The molecule has 4 heteroatoms. The van der Waals surface area contributed by atoms with Gasteiger partial charge in [0.05, 0.1) is 6.10 Å². The summed E-state index contributed by atoms with van der Waals surface area (Å²) in [6.07, 6.45) is 2.84. The number of ether oxygens (including phenoxy) is 1. The van der Waals surface area contributed by atoms with Gasteiger partial charge in [0.1, 0.15) is 0 Å². The fraction of sp³-hybridized carbons (Fsp3) is 0.625. The zero-order valence-electron chi connectivity index (χ0n) is 12.4.